The van der Waals surface area contributed by atoms with Gasteiger partial charge in [0.2, 0.25) is 0 Å². The lowest BCUT2D eigenvalue weighted by Crippen LogP contribution is -2.07. The number of ketones is 1. The van der Waals surface area contributed by atoms with Crippen molar-refractivity contribution in [3.05, 3.63) is 11.6 Å². The van der Waals surface area contributed by atoms with Crippen LogP contribution in [0.5, 0.6) is 0 Å². The standard InChI is InChI=1S/C14H24O/c1-3-5-7-12(4-2)10-13-8-6-9-14(15)11-13/h11-12H,3-10H2,1-2H3/t12-/m1/s1. The molecule has 0 aromatic rings. The molecule has 1 atom stereocenters. The third kappa shape index (κ3) is 4.63. The predicted octanol–water partition coefficient (Wildman–Crippen LogP) is 4.27. The van der Waals surface area contributed by atoms with Crippen LogP contribution in [0.2, 0.25) is 0 Å². The summed E-state index contributed by atoms with van der Waals surface area (Å²) < 4.78 is 0. The van der Waals surface area contributed by atoms with Crippen molar-refractivity contribution in [2.24, 2.45) is 5.92 Å². The molecule has 0 aliphatic heterocycles. The van der Waals surface area contributed by atoms with Crippen molar-refractivity contribution in [3.8, 4) is 0 Å². The second-order valence-electron chi connectivity index (χ2n) is 4.74. The van der Waals surface area contributed by atoms with Gasteiger partial charge in [0.15, 0.2) is 5.78 Å². The molecule has 1 aliphatic carbocycles. The van der Waals surface area contributed by atoms with E-state index in [1.54, 1.807) is 0 Å². The maximum Gasteiger partial charge on any atom is 0.155 e. The Balaban J connectivity index is 2.39. The maximum atomic E-state index is 11.3. The van der Waals surface area contributed by atoms with E-state index in [2.05, 4.69) is 13.8 Å². The van der Waals surface area contributed by atoms with E-state index in [9.17, 15) is 4.79 Å². The Labute approximate surface area is 93.9 Å². The Morgan fingerprint density at radius 2 is 2.13 bits per heavy atom. The van der Waals surface area contributed by atoms with Gasteiger partial charge in [0.1, 0.15) is 0 Å². The van der Waals surface area contributed by atoms with Gasteiger partial charge < -0.3 is 0 Å². The number of carbonyl (C=O) groups excluding carboxylic acids is 1. The van der Waals surface area contributed by atoms with Gasteiger partial charge in [-0.2, -0.15) is 0 Å². The van der Waals surface area contributed by atoms with E-state index >= 15 is 0 Å². The fraction of sp³-hybridized carbons (Fsp3) is 0.786. The number of unbranched alkanes of at least 4 members (excludes halogenated alkanes) is 1. The van der Waals surface area contributed by atoms with Crippen LogP contribution in [0.4, 0.5) is 0 Å². The minimum absolute atomic E-state index is 0.349. The van der Waals surface area contributed by atoms with Gasteiger partial charge in [-0.05, 0) is 31.3 Å². The highest BCUT2D eigenvalue weighted by molar-refractivity contribution is 5.91. The van der Waals surface area contributed by atoms with E-state index < -0.39 is 0 Å². The maximum absolute atomic E-state index is 11.3. The van der Waals surface area contributed by atoms with E-state index in [1.165, 1.54) is 37.7 Å². The lowest BCUT2D eigenvalue weighted by atomic mass is 9.87. The molecule has 0 radical (unpaired) electrons. The van der Waals surface area contributed by atoms with Crippen LogP contribution in [0, 0.1) is 5.92 Å². The van der Waals surface area contributed by atoms with Crippen LogP contribution < -0.4 is 0 Å². The van der Waals surface area contributed by atoms with Gasteiger partial charge in [0, 0.05) is 6.42 Å². The monoisotopic (exact) mass is 208 g/mol. The first kappa shape index (κ1) is 12.5. The summed E-state index contributed by atoms with van der Waals surface area (Å²) in [4.78, 5) is 11.3. The van der Waals surface area contributed by atoms with Crippen molar-refractivity contribution in [3.63, 3.8) is 0 Å². The lowest BCUT2D eigenvalue weighted by molar-refractivity contribution is -0.115. The summed E-state index contributed by atoms with van der Waals surface area (Å²) in [5, 5.41) is 0. The zero-order chi connectivity index (χ0) is 11.1. The molecule has 1 aliphatic rings. The zero-order valence-electron chi connectivity index (χ0n) is 10.2. The Morgan fingerprint density at radius 1 is 1.33 bits per heavy atom. The molecule has 0 aromatic heterocycles. The second-order valence-corrected chi connectivity index (χ2v) is 4.74. The fourth-order valence-electron chi connectivity index (χ4n) is 2.34. The van der Waals surface area contributed by atoms with E-state index in [-0.39, 0.29) is 0 Å². The molecule has 1 rings (SSSR count). The van der Waals surface area contributed by atoms with Crippen LogP contribution in [0.3, 0.4) is 0 Å². The number of carbonyl (C=O) groups is 1. The summed E-state index contributed by atoms with van der Waals surface area (Å²) in [5.41, 5.74) is 1.41. The van der Waals surface area contributed by atoms with Crippen LogP contribution >= 0.6 is 0 Å². The molecule has 0 bridgehead atoms. The molecule has 0 spiro atoms. The predicted molar refractivity (Wildman–Crippen MR) is 64.9 cm³/mol. The molecule has 0 amide bonds. The molecule has 0 heterocycles. The molecule has 0 fully saturated rings. The van der Waals surface area contributed by atoms with Crippen LogP contribution in [-0.4, -0.2) is 5.78 Å². The van der Waals surface area contributed by atoms with Gasteiger partial charge in [-0.3, -0.25) is 4.79 Å². The van der Waals surface area contributed by atoms with Gasteiger partial charge in [-0.25, -0.2) is 0 Å². The molecular weight excluding hydrogens is 184 g/mol. The third-order valence-electron chi connectivity index (χ3n) is 3.38. The number of hydrogen-bond acceptors (Lipinski definition) is 1. The third-order valence-corrected chi connectivity index (χ3v) is 3.38. The largest absolute Gasteiger partial charge is 0.295 e. The Bertz CT molecular complexity index is 227. The average Bonchev–Trinajstić information content (AvgIpc) is 2.24. The van der Waals surface area contributed by atoms with Gasteiger partial charge in [-0.1, -0.05) is 45.1 Å². The summed E-state index contributed by atoms with van der Waals surface area (Å²) >= 11 is 0. The van der Waals surface area contributed by atoms with Crippen molar-refractivity contribution in [2.75, 3.05) is 0 Å². The average molecular weight is 208 g/mol. The van der Waals surface area contributed by atoms with Crippen molar-refractivity contribution < 1.29 is 4.79 Å². The van der Waals surface area contributed by atoms with Crippen molar-refractivity contribution >= 4 is 5.78 Å². The number of rotatable bonds is 6. The van der Waals surface area contributed by atoms with Gasteiger partial charge in [0.05, 0.1) is 0 Å². The Hall–Kier alpha value is -0.590. The molecule has 0 aromatic carbocycles. The smallest absolute Gasteiger partial charge is 0.155 e. The van der Waals surface area contributed by atoms with Gasteiger partial charge in [-0.15, -0.1) is 0 Å². The summed E-state index contributed by atoms with van der Waals surface area (Å²) in [5.74, 6) is 1.16. The Kier molecular flexibility index (Phi) is 5.67. The first-order valence-electron chi connectivity index (χ1n) is 6.48. The summed E-state index contributed by atoms with van der Waals surface area (Å²) in [7, 11) is 0. The van der Waals surface area contributed by atoms with Crippen LogP contribution in [0.25, 0.3) is 0 Å². The minimum atomic E-state index is 0.349. The van der Waals surface area contributed by atoms with Crippen LogP contribution in [-0.2, 0) is 4.79 Å². The molecule has 0 saturated heterocycles. The molecule has 0 N–H and O–H groups in total. The minimum Gasteiger partial charge on any atom is -0.295 e. The highest BCUT2D eigenvalue weighted by Gasteiger charge is 2.13. The fourth-order valence-corrected chi connectivity index (χ4v) is 2.34. The summed E-state index contributed by atoms with van der Waals surface area (Å²) in [6, 6.07) is 0. The first-order valence-corrected chi connectivity index (χ1v) is 6.48. The summed E-state index contributed by atoms with van der Waals surface area (Å²) in [6.07, 6.45) is 11.3. The topological polar surface area (TPSA) is 17.1 Å². The Morgan fingerprint density at radius 3 is 2.73 bits per heavy atom. The van der Waals surface area contributed by atoms with Crippen LogP contribution in [0.1, 0.15) is 65.2 Å². The van der Waals surface area contributed by atoms with Gasteiger partial charge in [0.25, 0.3) is 0 Å². The van der Waals surface area contributed by atoms with E-state index in [4.69, 9.17) is 0 Å². The summed E-state index contributed by atoms with van der Waals surface area (Å²) in [6.45, 7) is 4.52. The molecule has 1 heteroatoms. The van der Waals surface area contributed by atoms with Crippen molar-refractivity contribution in [2.45, 2.75) is 65.2 Å². The molecular formula is C14H24O. The second kappa shape index (κ2) is 6.81. The molecule has 15 heavy (non-hydrogen) atoms. The SMILES string of the molecule is CCCC[C@@H](CC)CC1=CC(=O)CCC1. The molecule has 1 nitrogen and oxygen atoms in total. The van der Waals surface area contributed by atoms with E-state index in [0.29, 0.717) is 5.78 Å². The van der Waals surface area contributed by atoms with Crippen molar-refractivity contribution in [1.29, 1.82) is 0 Å². The zero-order valence-corrected chi connectivity index (χ0v) is 10.2. The highest BCUT2D eigenvalue weighted by Crippen LogP contribution is 2.26. The molecule has 86 valence electrons. The molecule has 0 unspecified atom stereocenters. The highest BCUT2D eigenvalue weighted by atomic mass is 16.1. The quantitative estimate of drug-likeness (QED) is 0.637. The van der Waals surface area contributed by atoms with Crippen molar-refractivity contribution in [1.82, 2.24) is 0 Å². The number of hydrogen-bond donors (Lipinski definition) is 0. The number of allylic oxidation sites excluding steroid dienone is 2. The molecule has 0 saturated carbocycles. The van der Waals surface area contributed by atoms with E-state index in [1.807, 2.05) is 6.08 Å². The van der Waals surface area contributed by atoms with Gasteiger partial charge >= 0.3 is 0 Å². The normalized spacial score (nSPS) is 18.8. The van der Waals surface area contributed by atoms with E-state index in [0.717, 1.165) is 25.2 Å². The first-order chi connectivity index (χ1) is 7.26. The lowest BCUT2D eigenvalue weighted by Gasteiger charge is -2.18. The van der Waals surface area contributed by atoms with Crippen LogP contribution in [0.15, 0.2) is 11.6 Å².